The van der Waals surface area contributed by atoms with E-state index in [1.807, 2.05) is 6.07 Å². The normalized spacial score (nSPS) is 19.4. The summed E-state index contributed by atoms with van der Waals surface area (Å²) in [5, 5.41) is 34.6. The number of aliphatic hydroxyl groups is 1. The molecule has 17 heteroatoms. The van der Waals surface area contributed by atoms with Gasteiger partial charge in [-0.15, -0.1) is 0 Å². The molecule has 1 aromatic carbocycles. The molecule has 4 N–H and O–H groups in total. The molecule has 5 atom stereocenters. The van der Waals surface area contributed by atoms with Crippen LogP contribution in [0.15, 0.2) is 36.7 Å². The Labute approximate surface area is 366 Å². The van der Waals surface area contributed by atoms with E-state index in [-0.39, 0.29) is 36.7 Å². The van der Waals surface area contributed by atoms with Crippen molar-refractivity contribution >= 4 is 19.2 Å². The smallest absolute Gasteiger partial charge is 0.382 e. The van der Waals surface area contributed by atoms with Gasteiger partial charge in [0.2, 0.25) is 5.60 Å². The first-order chi connectivity index (χ1) is 29.8. The average molecular weight is 887 g/mol. The van der Waals surface area contributed by atoms with Crippen LogP contribution < -0.4 is 5.73 Å². The van der Waals surface area contributed by atoms with E-state index in [4.69, 9.17) is 33.7 Å². The van der Waals surface area contributed by atoms with Gasteiger partial charge in [0.25, 0.3) is 0 Å². The molecular formula is C45H68FN6O9P. The molecule has 3 aromatic rings. The topological polar surface area (TPSA) is 217 Å². The largest absolute Gasteiger partial charge is 0.472 e. The molecular weight excluding hydrogens is 818 g/mol. The number of phosphoric ester groups is 1. The van der Waals surface area contributed by atoms with Crippen LogP contribution in [0.3, 0.4) is 0 Å². The van der Waals surface area contributed by atoms with Crippen LogP contribution in [0.1, 0.15) is 153 Å². The summed E-state index contributed by atoms with van der Waals surface area (Å²) in [6.45, 7) is 4.54. The first kappa shape index (κ1) is 51.1. The summed E-state index contributed by atoms with van der Waals surface area (Å²) in [6.07, 6.45) is 19.9. The van der Waals surface area contributed by atoms with Crippen LogP contribution in [-0.2, 0) is 44.8 Å². The molecule has 15 nitrogen and oxygen atoms in total. The minimum Gasteiger partial charge on any atom is -0.382 e. The molecule has 1 saturated heterocycles. The van der Waals surface area contributed by atoms with Gasteiger partial charge in [-0.05, 0) is 56.2 Å². The van der Waals surface area contributed by atoms with Crippen LogP contribution in [-0.4, -0.2) is 75.1 Å². The van der Waals surface area contributed by atoms with Crippen molar-refractivity contribution in [1.29, 1.82) is 10.5 Å². The van der Waals surface area contributed by atoms with Crippen molar-refractivity contribution in [2.24, 2.45) is 0 Å². The molecule has 1 fully saturated rings. The summed E-state index contributed by atoms with van der Waals surface area (Å²) in [4.78, 5) is 14.7. The fourth-order valence-corrected chi connectivity index (χ4v) is 8.46. The Bertz CT molecular complexity index is 1920. The van der Waals surface area contributed by atoms with Crippen LogP contribution in [0, 0.1) is 28.5 Å². The van der Waals surface area contributed by atoms with E-state index in [0.29, 0.717) is 17.7 Å². The van der Waals surface area contributed by atoms with E-state index in [1.54, 1.807) is 12.1 Å². The number of phosphoric acid groups is 1. The lowest BCUT2D eigenvalue weighted by Crippen LogP contribution is -2.43. The van der Waals surface area contributed by atoms with Gasteiger partial charge in [0.1, 0.15) is 35.9 Å². The highest BCUT2D eigenvalue weighted by molar-refractivity contribution is 7.47. The van der Waals surface area contributed by atoms with Gasteiger partial charge in [-0.3, -0.25) is 9.05 Å². The molecule has 2 aromatic heterocycles. The van der Waals surface area contributed by atoms with Crippen LogP contribution in [0.5, 0.6) is 0 Å². The van der Waals surface area contributed by atoms with Crippen molar-refractivity contribution in [3.8, 4) is 12.1 Å². The Morgan fingerprint density at radius 3 is 2.19 bits per heavy atom. The van der Waals surface area contributed by atoms with E-state index in [2.05, 4.69) is 23.1 Å². The summed E-state index contributed by atoms with van der Waals surface area (Å²) in [5.74, 6) is -2.10. The van der Waals surface area contributed by atoms with Crippen molar-refractivity contribution in [3.63, 3.8) is 0 Å². The third kappa shape index (κ3) is 17.2. The van der Waals surface area contributed by atoms with Crippen LogP contribution in [0.2, 0.25) is 0 Å². The third-order valence-electron chi connectivity index (χ3n) is 10.9. The van der Waals surface area contributed by atoms with Crippen molar-refractivity contribution < 1.29 is 47.0 Å². The molecule has 62 heavy (non-hydrogen) atoms. The number of ether oxygens (including phenoxy) is 4. The van der Waals surface area contributed by atoms with E-state index >= 15 is 0 Å². The lowest BCUT2D eigenvalue weighted by Gasteiger charge is -2.31. The second-order valence-electron chi connectivity index (χ2n) is 16.7. The minimum absolute atomic E-state index is 0.0113. The van der Waals surface area contributed by atoms with E-state index < -0.39 is 56.6 Å². The standard InChI is InChI=1S/C45H68FN6O9P/c1-4-5-6-7-8-9-10-11-12-13-14-15-16-17-18-19-20-23-56-30-39(57-29-36-24-35(28-47)25-37(46)26-36)32-59-62(54,55)58-31-38-27-42(61-44(2,3)53)45(33-48,60-38)41-22-21-40-43(49)50-34-51-52(40)41/h21-22,24-26,34,38-39,42,53H,4-20,23,27,29-32H2,1-3H3,(H,54,55)(H2,49,50,51)/t38-,39+,42+,45-/m0/s1. The number of hydrogen-bond donors (Lipinski definition) is 3. The molecule has 1 aliphatic rings. The molecule has 3 heterocycles. The van der Waals surface area contributed by atoms with Gasteiger partial charge in [-0.1, -0.05) is 110 Å². The van der Waals surface area contributed by atoms with Crippen LogP contribution in [0.4, 0.5) is 10.2 Å². The number of anilines is 1. The number of aromatic nitrogens is 3. The molecule has 0 aliphatic carbocycles. The summed E-state index contributed by atoms with van der Waals surface area (Å²) >= 11 is 0. The third-order valence-corrected chi connectivity index (χ3v) is 11.8. The molecule has 344 valence electrons. The number of nitrogens with two attached hydrogens (primary N) is 1. The second kappa shape index (κ2) is 26.3. The number of halogens is 1. The number of nitrogen functional groups attached to an aromatic ring is 1. The molecule has 0 radical (unpaired) electrons. The Morgan fingerprint density at radius 2 is 1.60 bits per heavy atom. The van der Waals surface area contributed by atoms with Gasteiger partial charge in [-0.2, -0.15) is 15.6 Å². The number of fused-ring (bicyclic) bond motifs is 1. The average Bonchev–Trinajstić information content (AvgIpc) is 3.83. The van der Waals surface area contributed by atoms with Crippen molar-refractivity contribution in [2.45, 2.75) is 173 Å². The zero-order chi connectivity index (χ0) is 44.9. The highest BCUT2D eigenvalue weighted by Gasteiger charge is 2.55. The molecule has 1 aliphatic heterocycles. The number of nitrogens with zero attached hydrogens (tertiary/aromatic N) is 5. The number of hydrogen-bond acceptors (Lipinski definition) is 13. The lowest BCUT2D eigenvalue weighted by atomic mass is 9.93. The monoisotopic (exact) mass is 886 g/mol. The zero-order valence-corrected chi connectivity index (χ0v) is 37.7. The SMILES string of the molecule is CCCCCCCCCCCCCCCCCCCOC[C@H](COP(=O)(O)OC[C@@H]1C[C@@H](OC(C)(C)O)[C@](C#N)(c2ccc3c(N)ncnn23)O1)OCc1cc(F)cc(C#N)c1. The molecule has 0 spiro atoms. The number of benzene rings is 1. The number of rotatable bonds is 32. The fourth-order valence-electron chi connectivity index (χ4n) is 7.68. The van der Waals surface area contributed by atoms with Gasteiger partial charge in [0.15, 0.2) is 11.6 Å². The first-order valence-corrected chi connectivity index (χ1v) is 23.9. The second-order valence-corrected chi connectivity index (χ2v) is 18.2. The molecule has 0 amide bonds. The maximum atomic E-state index is 14.1. The van der Waals surface area contributed by atoms with Crippen LogP contribution in [0.25, 0.3) is 5.52 Å². The Kier molecular flexibility index (Phi) is 21.7. The Morgan fingerprint density at radius 1 is 0.968 bits per heavy atom. The quantitative estimate of drug-likeness (QED) is 0.0302. The van der Waals surface area contributed by atoms with E-state index in [1.165, 1.54) is 127 Å². The number of unbranched alkanes of at least 4 members (excludes halogenated alkanes) is 16. The van der Waals surface area contributed by atoms with E-state index in [9.17, 15) is 29.5 Å². The van der Waals surface area contributed by atoms with Crippen molar-refractivity contribution in [1.82, 2.24) is 14.6 Å². The van der Waals surface area contributed by atoms with Gasteiger partial charge >= 0.3 is 7.82 Å². The molecule has 0 saturated carbocycles. The zero-order valence-electron chi connectivity index (χ0n) is 36.9. The molecule has 1 unspecified atom stereocenters. The summed E-state index contributed by atoms with van der Waals surface area (Å²) in [6, 6.07) is 11.1. The van der Waals surface area contributed by atoms with Crippen LogP contribution >= 0.6 is 7.82 Å². The Hall–Kier alpha value is -3.54. The van der Waals surface area contributed by atoms with Gasteiger partial charge in [-0.25, -0.2) is 18.5 Å². The first-order valence-electron chi connectivity index (χ1n) is 22.4. The highest BCUT2D eigenvalue weighted by atomic mass is 31.2. The highest BCUT2D eigenvalue weighted by Crippen LogP contribution is 2.47. The summed E-state index contributed by atoms with van der Waals surface area (Å²) in [7, 11) is -4.75. The predicted octanol–water partition coefficient (Wildman–Crippen LogP) is 9.33. The van der Waals surface area contributed by atoms with Gasteiger partial charge in [0.05, 0.1) is 49.9 Å². The fraction of sp³-hybridized carbons (Fsp3) is 0.689. The van der Waals surface area contributed by atoms with Gasteiger partial charge in [0, 0.05) is 13.0 Å². The summed E-state index contributed by atoms with van der Waals surface area (Å²) < 4.78 is 63.4. The summed E-state index contributed by atoms with van der Waals surface area (Å²) in [5.41, 5.74) is 5.39. The lowest BCUT2D eigenvalue weighted by molar-refractivity contribution is -0.226. The van der Waals surface area contributed by atoms with Crippen molar-refractivity contribution in [3.05, 3.63) is 59.3 Å². The Balaban J connectivity index is 1.22. The van der Waals surface area contributed by atoms with E-state index in [0.717, 1.165) is 25.3 Å². The van der Waals surface area contributed by atoms with Crippen molar-refractivity contribution in [2.75, 3.05) is 32.2 Å². The maximum Gasteiger partial charge on any atom is 0.472 e. The minimum atomic E-state index is -4.75. The molecule has 4 rings (SSSR count). The number of nitriles is 2. The van der Waals surface area contributed by atoms with Gasteiger partial charge < -0.3 is 34.7 Å². The maximum absolute atomic E-state index is 14.1. The predicted molar refractivity (Wildman–Crippen MR) is 232 cm³/mol. The molecule has 0 bridgehead atoms.